The molecule has 0 aliphatic carbocycles. The summed E-state index contributed by atoms with van der Waals surface area (Å²) in [6, 6.07) is 68.9. The van der Waals surface area contributed by atoms with E-state index in [1.165, 1.54) is 21.5 Å². The molecule has 5 nitrogen and oxygen atoms in total. The van der Waals surface area contributed by atoms with Crippen LogP contribution in [0, 0.1) is 0 Å². The molecular formula is C54H32N4O. The summed E-state index contributed by atoms with van der Waals surface area (Å²) in [4.78, 5) is 10.4. The normalized spacial score (nSPS) is 12.1. The van der Waals surface area contributed by atoms with Crippen molar-refractivity contribution in [2.45, 2.75) is 0 Å². The minimum atomic E-state index is 0.688. The molecule has 0 aliphatic rings. The Balaban J connectivity index is 1.15. The molecule has 0 saturated heterocycles. The number of nitrogens with zero attached hydrogens (tertiary/aromatic N) is 4. The van der Waals surface area contributed by atoms with Crippen molar-refractivity contribution >= 4 is 87.2 Å². The van der Waals surface area contributed by atoms with E-state index in [1.807, 2.05) is 18.2 Å². The number of para-hydroxylation sites is 3. The van der Waals surface area contributed by atoms with Gasteiger partial charge in [0.1, 0.15) is 11.2 Å². The molecule has 4 heterocycles. The van der Waals surface area contributed by atoms with Gasteiger partial charge in [-0.3, -0.25) is 0 Å². The molecule has 0 amide bonds. The van der Waals surface area contributed by atoms with E-state index in [9.17, 15) is 0 Å². The summed E-state index contributed by atoms with van der Waals surface area (Å²) in [5.41, 5.74) is 12.2. The maximum atomic E-state index is 6.78. The van der Waals surface area contributed by atoms with Gasteiger partial charge in [0, 0.05) is 54.8 Å². The number of hydrogen-bond acceptors (Lipinski definition) is 3. The fraction of sp³-hybridized carbons (Fsp3) is 0. The SMILES string of the molecule is c1ccc(-c2nc(-c3cccc(-n4c5ccccc5c5ccc6c7c8oc9ccccc9c8ccc7n(-c7ccc8ccccc8c7)c6c54)c3)nc3ccccc23)cc1. The Morgan fingerprint density at radius 2 is 1.07 bits per heavy atom. The van der Waals surface area contributed by atoms with E-state index in [0.717, 1.165) is 93.9 Å². The lowest BCUT2D eigenvalue weighted by Crippen LogP contribution is -2.00. The van der Waals surface area contributed by atoms with Crippen LogP contribution in [0.15, 0.2) is 199 Å². The molecule has 59 heavy (non-hydrogen) atoms. The van der Waals surface area contributed by atoms with Gasteiger partial charge in [-0.15, -0.1) is 0 Å². The first-order chi connectivity index (χ1) is 29.3. The van der Waals surface area contributed by atoms with Gasteiger partial charge in [0.15, 0.2) is 5.82 Å². The van der Waals surface area contributed by atoms with Crippen LogP contribution in [0.4, 0.5) is 0 Å². The highest BCUT2D eigenvalue weighted by molar-refractivity contribution is 6.29. The number of hydrogen-bond donors (Lipinski definition) is 0. The molecule has 0 N–H and O–H groups in total. The predicted octanol–water partition coefficient (Wildman–Crippen LogP) is 14.2. The summed E-state index contributed by atoms with van der Waals surface area (Å²) < 4.78 is 11.7. The van der Waals surface area contributed by atoms with Gasteiger partial charge in [-0.2, -0.15) is 0 Å². The lowest BCUT2D eigenvalue weighted by molar-refractivity contribution is 0.673. The highest BCUT2D eigenvalue weighted by atomic mass is 16.3. The molecule has 13 aromatic rings. The first-order valence-corrected chi connectivity index (χ1v) is 20.0. The predicted molar refractivity (Wildman–Crippen MR) is 244 cm³/mol. The highest BCUT2D eigenvalue weighted by Crippen LogP contribution is 2.45. The van der Waals surface area contributed by atoms with Crippen molar-refractivity contribution in [3.63, 3.8) is 0 Å². The van der Waals surface area contributed by atoms with Gasteiger partial charge in [-0.25, -0.2) is 9.97 Å². The zero-order valence-electron chi connectivity index (χ0n) is 31.7. The first-order valence-electron chi connectivity index (χ1n) is 20.0. The van der Waals surface area contributed by atoms with Crippen LogP contribution in [0.2, 0.25) is 0 Å². The number of furan rings is 1. The molecular weight excluding hydrogens is 721 g/mol. The average Bonchev–Trinajstić information content (AvgIpc) is 3.97. The van der Waals surface area contributed by atoms with Crippen LogP contribution >= 0.6 is 0 Å². The third-order valence-electron chi connectivity index (χ3n) is 12.1. The Hall–Kier alpha value is -8.02. The van der Waals surface area contributed by atoms with Crippen molar-refractivity contribution in [2.24, 2.45) is 0 Å². The average molecular weight is 753 g/mol. The highest BCUT2D eigenvalue weighted by Gasteiger charge is 2.24. The smallest absolute Gasteiger partial charge is 0.160 e. The molecule has 9 aromatic carbocycles. The van der Waals surface area contributed by atoms with Gasteiger partial charge in [0.2, 0.25) is 0 Å². The van der Waals surface area contributed by atoms with Gasteiger partial charge in [-0.05, 0) is 65.4 Å². The number of rotatable bonds is 4. The van der Waals surface area contributed by atoms with E-state index >= 15 is 0 Å². The third kappa shape index (κ3) is 4.67. The van der Waals surface area contributed by atoms with E-state index < -0.39 is 0 Å². The van der Waals surface area contributed by atoms with Crippen molar-refractivity contribution in [3.05, 3.63) is 194 Å². The van der Waals surface area contributed by atoms with Crippen LogP contribution < -0.4 is 0 Å². The number of fused-ring (bicyclic) bond motifs is 13. The van der Waals surface area contributed by atoms with Gasteiger partial charge in [-0.1, -0.05) is 140 Å². The molecule has 0 fully saturated rings. The van der Waals surface area contributed by atoms with E-state index in [-0.39, 0.29) is 0 Å². The van der Waals surface area contributed by atoms with Crippen molar-refractivity contribution < 1.29 is 4.42 Å². The summed E-state index contributed by atoms with van der Waals surface area (Å²) in [5.74, 6) is 0.688. The van der Waals surface area contributed by atoms with Crippen LogP contribution in [0.3, 0.4) is 0 Å². The fourth-order valence-corrected chi connectivity index (χ4v) is 9.47. The molecule has 0 spiro atoms. The Morgan fingerprint density at radius 1 is 0.390 bits per heavy atom. The standard InChI is InChI=1S/C54H32N4O/c1-2-14-34(15-3-1)50-43-21-6-9-22-45(43)55-54(56-50)36-17-12-18-37(32-36)57-46-23-10-7-19-39(46)41-27-28-44-49-47(30-29-42-40-20-8-11-24-48(40)59-53(42)49)58(52(44)51(41)57)38-26-25-33-13-4-5-16-35(33)31-38/h1-32H. The number of benzene rings is 9. The van der Waals surface area contributed by atoms with Crippen molar-refractivity contribution in [1.29, 1.82) is 0 Å². The Labute approximate surface area is 337 Å². The molecule has 0 aliphatic heterocycles. The molecule has 13 rings (SSSR count). The van der Waals surface area contributed by atoms with Crippen molar-refractivity contribution in [2.75, 3.05) is 0 Å². The molecule has 0 unspecified atom stereocenters. The maximum absolute atomic E-state index is 6.78. The second-order valence-corrected chi connectivity index (χ2v) is 15.3. The van der Waals surface area contributed by atoms with E-state index in [4.69, 9.17) is 14.4 Å². The van der Waals surface area contributed by atoms with Crippen LogP contribution in [-0.2, 0) is 0 Å². The topological polar surface area (TPSA) is 48.8 Å². The monoisotopic (exact) mass is 752 g/mol. The van der Waals surface area contributed by atoms with Gasteiger partial charge >= 0.3 is 0 Å². The largest absolute Gasteiger partial charge is 0.455 e. The maximum Gasteiger partial charge on any atom is 0.160 e. The minimum Gasteiger partial charge on any atom is -0.455 e. The van der Waals surface area contributed by atoms with Gasteiger partial charge in [0.05, 0.1) is 38.7 Å². The molecule has 0 atom stereocenters. The zero-order chi connectivity index (χ0) is 38.6. The minimum absolute atomic E-state index is 0.688. The second-order valence-electron chi connectivity index (χ2n) is 15.3. The second kappa shape index (κ2) is 12.2. The summed E-state index contributed by atoms with van der Waals surface area (Å²) >= 11 is 0. The Kier molecular flexibility index (Phi) is 6.66. The lowest BCUT2D eigenvalue weighted by atomic mass is 10.1. The molecule has 0 saturated carbocycles. The molecule has 0 radical (unpaired) electrons. The van der Waals surface area contributed by atoms with Crippen molar-refractivity contribution in [1.82, 2.24) is 19.1 Å². The van der Waals surface area contributed by atoms with Gasteiger partial charge < -0.3 is 13.6 Å². The lowest BCUT2D eigenvalue weighted by Gasteiger charge is -2.14. The fourth-order valence-electron chi connectivity index (χ4n) is 9.47. The summed E-state index contributed by atoms with van der Waals surface area (Å²) in [6.07, 6.45) is 0. The van der Waals surface area contributed by atoms with Crippen molar-refractivity contribution in [3.8, 4) is 34.0 Å². The number of aromatic nitrogens is 4. The van der Waals surface area contributed by atoms with E-state index in [1.54, 1.807) is 0 Å². The molecule has 0 bridgehead atoms. The van der Waals surface area contributed by atoms with Crippen LogP contribution in [0.5, 0.6) is 0 Å². The van der Waals surface area contributed by atoms with Crippen LogP contribution in [0.1, 0.15) is 0 Å². The Morgan fingerprint density at radius 3 is 1.98 bits per heavy atom. The summed E-state index contributed by atoms with van der Waals surface area (Å²) in [7, 11) is 0. The molecule has 5 heteroatoms. The summed E-state index contributed by atoms with van der Waals surface area (Å²) in [6.45, 7) is 0. The first kappa shape index (κ1) is 32.1. The van der Waals surface area contributed by atoms with Crippen LogP contribution in [-0.4, -0.2) is 19.1 Å². The summed E-state index contributed by atoms with van der Waals surface area (Å²) in [5, 5.41) is 10.3. The van der Waals surface area contributed by atoms with E-state index in [0.29, 0.717) is 5.82 Å². The van der Waals surface area contributed by atoms with E-state index in [2.05, 4.69) is 185 Å². The van der Waals surface area contributed by atoms with Gasteiger partial charge in [0.25, 0.3) is 0 Å². The Bertz CT molecular complexity index is 3850. The van der Waals surface area contributed by atoms with Crippen LogP contribution in [0.25, 0.3) is 121 Å². The molecule has 274 valence electrons. The molecule has 4 aromatic heterocycles. The zero-order valence-corrected chi connectivity index (χ0v) is 31.7. The quantitative estimate of drug-likeness (QED) is 0.180. The third-order valence-corrected chi connectivity index (χ3v) is 12.1.